The second-order valence-electron chi connectivity index (χ2n) is 3.88. The van der Waals surface area contributed by atoms with Crippen LogP contribution in [0.15, 0.2) is 29.8 Å². The van der Waals surface area contributed by atoms with E-state index in [1.807, 2.05) is 17.5 Å². The van der Waals surface area contributed by atoms with Crippen LogP contribution in [-0.4, -0.2) is 24.5 Å². The van der Waals surface area contributed by atoms with Gasteiger partial charge in [0, 0.05) is 18.5 Å². The van der Waals surface area contributed by atoms with E-state index in [2.05, 4.69) is 15.6 Å². The first-order valence-electron chi connectivity index (χ1n) is 5.84. The Morgan fingerprint density at radius 3 is 3.05 bits per heavy atom. The lowest BCUT2D eigenvalue weighted by molar-refractivity contribution is 0.0954. The number of pyridine rings is 1. The van der Waals surface area contributed by atoms with E-state index in [1.54, 1.807) is 18.4 Å². The summed E-state index contributed by atoms with van der Waals surface area (Å²) >= 11 is 1.64. The predicted octanol–water partition coefficient (Wildman–Crippen LogP) is 2.30. The van der Waals surface area contributed by atoms with Crippen molar-refractivity contribution < 1.29 is 9.18 Å². The Bertz CT molecular complexity index is 557. The predicted molar refractivity (Wildman–Crippen MR) is 74.1 cm³/mol. The topological polar surface area (TPSA) is 54.0 Å². The van der Waals surface area contributed by atoms with Gasteiger partial charge in [-0.1, -0.05) is 6.07 Å². The van der Waals surface area contributed by atoms with Crippen molar-refractivity contribution in [2.75, 3.05) is 18.9 Å². The number of carbonyl (C=O) groups excluding carboxylic acids is 1. The summed E-state index contributed by atoms with van der Waals surface area (Å²) < 4.78 is 13.1. The van der Waals surface area contributed by atoms with Gasteiger partial charge in [-0.25, -0.2) is 9.37 Å². The monoisotopic (exact) mass is 279 g/mol. The Kier molecular flexibility index (Phi) is 4.46. The highest BCUT2D eigenvalue weighted by Gasteiger charge is 2.12. The summed E-state index contributed by atoms with van der Waals surface area (Å²) in [5, 5.41) is 7.52. The Labute approximate surface area is 114 Å². The van der Waals surface area contributed by atoms with Crippen LogP contribution in [0.3, 0.4) is 0 Å². The first-order valence-corrected chi connectivity index (χ1v) is 6.72. The molecule has 19 heavy (non-hydrogen) atoms. The zero-order valence-electron chi connectivity index (χ0n) is 10.4. The van der Waals surface area contributed by atoms with Gasteiger partial charge < -0.3 is 10.6 Å². The molecule has 0 aliphatic rings. The molecule has 0 fully saturated rings. The molecule has 100 valence electrons. The minimum absolute atomic E-state index is 0.216. The van der Waals surface area contributed by atoms with Gasteiger partial charge in [-0.3, -0.25) is 4.79 Å². The van der Waals surface area contributed by atoms with Crippen molar-refractivity contribution in [3.8, 4) is 0 Å². The smallest absolute Gasteiger partial charge is 0.255 e. The van der Waals surface area contributed by atoms with Crippen LogP contribution < -0.4 is 10.6 Å². The van der Waals surface area contributed by atoms with Gasteiger partial charge in [0.1, 0.15) is 11.6 Å². The third-order valence-electron chi connectivity index (χ3n) is 2.57. The number of amides is 1. The molecule has 0 unspecified atom stereocenters. The molecule has 1 amide bonds. The number of carbonyl (C=O) groups is 1. The number of aromatic nitrogens is 1. The highest BCUT2D eigenvalue weighted by molar-refractivity contribution is 7.09. The molecule has 4 nitrogen and oxygen atoms in total. The molecular weight excluding hydrogens is 265 g/mol. The highest BCUT2D eigenvalue weighted by atomic mass is 32.1. The highest BCUT2D eigenvalue weighted by Crippen LogP contribution is 2.13. The number of anilines is 1. The molecule has 0 aliphatic heterocycles. The third-order valence-corrected chi connectivity index (χ3v) is 3.51. The normalized spacial score (nSPS) is 10.2. The number of rotatable bonds is 5. The Balaban J connectivity index is 1.97. The Morgan fingerprint density at radius 1 is 1.53 bits per heavy atom. The van der Waals surface area contributed by atoms with Gasteiger partial charge in [0.2, 0.25) is 0 Å². The second kappa shape index (κ2) is 6.29. The lowest BCUT2D eigenvalue weighted by atomic mass is 10.2. The zero-order valence-corrected chi connectivity index (χ0v) is 11.3. The number of thiophene rings is 1. The van der Waals surface area contributed by atoms with Gasteiger partial charge in [0.15, 0.2) is 0 Å². The van der Waals surface area contributed by atoms with Crippen LogP contribution in [-0.2, 0) is 6.42 Å². The zero-order chi connectivity index (χ0) is 13.7. The quantitative estimate of drug-likeness (QED) is 0.883. The molecule has 2 aromatic heterocycles. The van der Waals surface area contributed by atoms with Crippen LogP contribution in [0.1, 0.15) is 15.2 Å². The number of nitrogens with one attached hydrogen (secondary N) is 2. The fourth-order valence-electron chi connectivity index (χ4n) is 1.66. The molecule has 0 atom stereocenters. The molecule has 2 rings (SSSR count). The van der Waals surface area contributed by atoms with Crippen LogP contribution in [0.5, 0.6) is 0 Å². The Morgan fingerprint density at radius 2 is 2.37 bits per heavy atom. The van der Waals surface area contributed by atoms with Crippen LogP contribution in [0.2, 0.25) is 0 Å². The number of hydrogen-bond donors (Lipinski definition) is 2. The molecular formula is C13H14FN3OS. The molecule has 0 aromatic carbocycles. The molecule has 6 heteroatoms. The summed E-state index contributed by atoms with van der Waals surface area (Å²) in [6.45, 7) is 0.513. The molecule has 0 saturated heterocycles. The van der Waals surface area contributed by atoms with E-state index in [1.165, 1.54) is 10.9 Å². The van der Waals surface area contributed by atoms with Crippen LogP contribution in [0, 0.1) is 5.82 Å². The molecule has 2 aromatic rings. The average molecular weight is 279 g/mol. The summed E-state index contributed by atoms with van der Waals surface area (Å²) in [6, 6.07) is 5.16. The minimum Gasteiger partial charge on any atom is -0.372 e. The van der Waals surface area contributed by atoms with E-state index in [4.69, 9.17) is 0 Å². The van der Waals surface area contributed by atoms with E-state index < -0.39 is 5.82 Å². The van der Waals surface area contributed by atoms with Gasteiger partial charge in [0.25, 0.3) is 5.91 Å². The van der Waals surface area contributed by atoms with Crippen molar-refractivity contribution in [3.05, 3.63) is 46.0 Å². The first kappa shape index (κ1) is 13.5. The van der Waals surface area contributed by atoms with Gasteiger partial charge in [-0.2, -0.15) is 0 Å². The van der Waals surface area contributed by atoms with E-state index in [0.29, 0.717) is 12.4 Å². The van der Waals surface area contributed by atoms with Crippen molar-refractivity contribution in [2.24, 2.45) is 0 Å². The number of halogens is 1. The van der Waals surface area contributed by atoms with Gasteiger partial charge >= 0.3 is 0 Å². The maximum Gasteiger partial charge on any atom is 0.255 e. The van der Waals surface area contributed by atoms with Crippen molar-refractivity contribution in [2.45, 2.75) is 6.42 Å². The maximum atomic E-state index is 13.1. The minimum atomic E-state index is -0.526. The first-order chi connectivity index (χ1) is 9.20. The average Bonchev–Trinajstić information content (AvgIpc) is 2.91. The molecule has 0 saturated carbocycles. The molecule has 0 spiro atoms. The van der Waals surface area contributed by atoms with Crippen molar-refractivity contribution in [1.29, 1.82) is 0 Å². The summed E-state index contributed by atoms with van der Waals surface area (Å²) in [5.41, 5.74) is 0.216. The van der Waals surface area contributed by atoms with E-state index >= 15 is 0 Å². The lowest BCUT2D eigenvalue weighted by Crippen LogP contribution is -2.26. The van der Waals surface area contributed by atoms with Gasteiger partial charge in [-0.15, -0.1) is 11.3 Å². The maximum absolute atomic E-state index is 13.1. The second-order valence-corrected chi connectivity index (χ2v) is 4.92. The molecule has 2 heterocycles. The van der Waals surface area contributed by atoms with Crippen LogP contribution in [0.25, 0.3) is 0 Å². The van der Waals surface area contributed by atoms with E-state index in [0.717, 1.165) is 12.6 Å². The Hall–Kier alpha value is -1.95. The fourth-order valence-corrected chi connectivity index (χ4v) is 2.37. The largest absolute Gasteiger partial charge is 0.372 e. The summed E-state index contributed by atoms with van der Waals surface area (Å²) in [7, 11) is 1.64. The number of hydrogen-bond acceptors (Lipinski definition) is 4. The third kappa shape index (κ3) is 3.51. The molecule has 2 N–H and O–H groups in total. The fraction of sp³-hybridized carbons (Fsp3) is 0.231. The summed E-state index contributed by atoms with van der Waals surface area (Å²) in [5.74, 6) is -0.481. The van der Waals surface area contributed by atoms with Crippen molar-refractivity contribution in [1.82, 2.24) is 10.3 Å². The standard InChI is InChI=1S/C13H14FN3OS/c1-15-12-11(7-9(14)8-17-12)13(18)16-5-4-10-3-2-6-19-10/h2-3,6-8H,4-5H2,1H3,(H,15,17)(H,16,18). The summed E-state index contributed by atoms with van der Waals surface area (Å²) in [4.78, 5) is 17.0. The van der Waals surface area contributed by atoms with Crippen molar-refractivity contribution in [3.63, 3.8) is 0 Å². The van der Waals surface area contributed by atoms with Gasteiger partial charge in [-0.05, 0) is 23.9 Å². The van der Waals surface area contributed by atoms with Crippen LogP contribution in [0.4, 0.5) is 10.2 Å². The van der Waals surface area contributed by atoms with Crippen LogP contribution >= 0.6 is 11.3 Å². The van der Waals surface area contributed by atoms with Crippen molar-refractivity contribution >= 4 is 23.1 Å². The molecule has 0 aliphatic carbocycles. The molecule has 0 bridgehead atoms. The summed E-state index contributed by atoms with van der Waals surface area (Å²) in [6.07, 6.45) is 1.84. The van der Waals surface area contributed by atoms with Gasteiger partial charge in [0.05, 0.1) is 11.8 Å². The van der Waals surface area contributed by atoms with E-state index in [-0.39, 0.29) is 11.5 Å². The molecule has 0 radical (unpaired) electrons. The van der Waals surface area contributed by atoms with E-state index in [9.17, 15) is 9.18 Å². The number of nitrogens with zero attached hydrogens (tertiary/aromatic N) is 1. The SMILES string of the molecule is CNc1ncc(F)cc1C(=O)NCCc1cccs1. The lowest BCUT2D eigenvalue weighted by Gasteiger charge is -2.08.